The summed E-state index contributed by atoms with van der Waals surface area (Å²) in [5.41, 5.74) is 5.46. The minimum atomic E-state index is -3.25. The molecule has 0 bridgehead atoms. The van der Waals surface area contributed by atoms with E-state index in [-0.39, 0.29) is 17.7 Å². The van der Waals surface area contributed by atoms with Gasteiger partial charge in [-0.3, -0.25) is 4.79 Å². The summed E-state index contributed by atoms with van der Waals surface area (Å²) >= 11 is 0. The largest absolute Gasteiger partial charge is 0.338 e. The fourth-order valence-corrected chi connectivity index (χ4v) is 4.04. The number of carbonyl (C=O) groups is 1. The van der Waals surface area contributed by atoms with Crippen molar-refractivity contribution in [2.45, 2.75) is 44.4 Å². The van der Waals surface area contributed by atoms with Crippen molar-refractivity contribution in [1.29, 1.82) is 0 Å². The Bertz CT molecular complexity index is 365. The van der Waals surface area contributed by atoms with Crippen LogP contribution in [0.2, 0.25) is 0 Å². The topological polar surface area (TPSA) is 80.5 Å². The minimum absolute atomic E-state index is 0.0109. The molecule has 1 atom stereocenters. The van der Waals surface area contributed by atoms with E-state index in [9.17, 15) is 13.2 Å². The Labute approximate surface area is 103 Å². The Morgan fingerprint density at radius 3 is 2.53 bits per heavy atom. The standard InChI is InChI=1S/C11H22N2O3S/c1-9(2)13(7-6-12)11(14)10-5-3-4-8-17(10,15)16/h9-10H,3-8,12H2,1-2H3. The van der Waals surface area contributed by atoms with Crippen LogP contribution in [0.15, 0.2) is 0 Å². The van der Waals surface area contributed by atoms with E-state index in [0.29, 0.717) is 25.9 Å². The molecule has 0 aromatic heterocycles. The van der Waals surface area contributed by atoms with Gasteiger partial charge in [0, 0.05) is 19.1 Å². The van der Waals surface area contributed by atoms with E-state index < -0.39 is 15.1 Å². The molecule has 1 aliphatic heterocycles. The van der Waals surface area contributed by atoms with Crippen LogP contribution < -0.4 is 5.73 Å². The molecule has 0 spiro atoms. The summed E-state index contributed by atoms with van der Waals surface area (Å²) in [5.74, 6) is -0.136. The van der Waals surface area contributed by atoms with Crippen LogP contribution in [0.25, 0.3) is 0 Å². The van der Waals surface area contributed by atoms with Gasteiger partial charge in [-0.05, 0) is 26.7 Å². The van der Waals surface area contributed by atoms with E-state index in [0.717, 1.165) is 6.42 Å². The molecular formula is C11H22N2O3S. The first kappa shape index (κ1) is 14.4. The number of carbonyl (C=O) groups excluding carboxylic acids is 1. The van der Waals surface area contributed by atoms with Crippen molar-refractivity contribution in [1.82, 2.24) is 4.90 Å². The first-order chi connectivity index (χ1) is 7.90. The van der Waals surface area contributed by atoms with Crippen molar-refractivity contribution in [2.75, 3.05) is 18.8 Å². The summed E-state index contributed by atoms with van der Waals surface area (Å²) in [5, 5.41) is -0.842. The average molecular weight is 262 g/mol. The fourth-order valence-electron chi connectivity index (χ4n) is 2.18. The Morgan fingerprint density at radius 1 is 1.41 bits per heavy atom. The van der Waals surface area contributed by atoms with E-state index in [4.69, 9.17) is 5.73 Å². The van der Waals surface area contributed by atoms with Gasteiger partial charge >= 0.3 is 0 Å². The maximum Gasteiger partial charge on any atom is 0.241 e. The smallest absolute Gasteiger partial charge is 0.241 e. The number of nitrogens with zero attached hydrogens (tertiary/aromatic N) is 1. The lowest BCUT2D eigenvalue weighted by Crippen LogP contribution is -2.49. The van der Waals surface area contributed by atoms with Crippen molar-refractivity contribution >= 4 is 15.7 Å². The third-order valence-electron chi connectivity index (χ3n) is 3.13. The van der Waals surface area contributed by atoms with E-state index in [1.165, 1.54) is 0 Å². The van der Waals surface area contributed by atoms with Crippen molar-refractivity contribution in [3.63, 3.8) is 0 Å². The number of sulfone groups is 1. The lowest BCUT2D eigenvalue weighted by molar-refractivity contribution is -0.132. The monoisotopic (exact) mass is 262 g/mol. The van der Waals surface area contributed by atoms with Crippen molar-refractivity contribution in [2.24, 2.45) is 5.73 Å². The van der Waals surface area contributed by atoms with Crippen LogP contribution in [0, 0.1) is 0 Å². The van der Waals surface area contributed by atoms with Gasteiger partial charge in [-0.25, -0.2) is 8.42 Å². The van der Waals surface area contributed by atoms with Crippen LogP contribution in [0.4, 0.5) is 0 Å². The highest BCUT2D eigenvalue weighted by atomic mass is 32.2. The van der Waals surface area contributed by atoms with Crippen LogP contribution in [-0.2, 0) is 14.6 Å². The zero-order chi connectivity index (χ0) is 13.1. The van der Waals surface area contributed by atoms with Gasteiger partial charge in [0.25, 0.3) is 0 Å². The number of hydrogen-bond donors (Lipinski definition) is 1. The summed E-state index contributed by atoms with van der Waals surface area (Å²) in [6.07, 6.45) is 1.93. The molecule has 2 N–H and O–H groups in total. The van der Waals surface area contributed by atoms with E-state index >= 15 is 0 Å². The second-order valence-electron chi connectivity index (χ2n) is 4.77. The van der Waals surface area contributed by atoms with Gasteiger partial charge in [-0.1, -0.05) is 6.42 Å². The average Bonchev–Trinajstić information content (AvgIpc) is 2.24. The van der Waals surface area contributed by atoms with Crippen LogP contribution in [0.3, 0.4) is 0 Å². The molecule has 0 saturated carbocycles. The van der Waals surface area contributed by atoms with Gasteiger partial charge in [0.15, 0.2) is 9.84 Å². The van der Waals surface area contributed by atoms with Gasteiger partial charge in [0.05, 0.1) is 5.75 Å². The molecule has 5 nitrogen and oxygen atoms in total. The molecular weight excluding hydrogens is 240 g/mol. The molecule has 17 heavy (non-hydrogen) atoms. The molecule has 1 aliphatic rings. The number of hydrogen-bond acceptors (Lipinski definition) is 4. The Balaban J connectivity index is 2.86. The summed E-state index contributed by atoms with van der Waals surface area (Å²) in [6.45, 7) is 4.53. The predicted molar refractivity (Wildman–Crippen MR) is 67.3 cm³/mol. The summed E-state index contributed by atoms with van der Waals surface area (Å²) in [6, 6.07) is -0.0109. The molecule has 1 unspecified atom stereocenters. The van der Waals surface area contributed by atoms with Crippen LogP contribution >= 0.6 is 0 Å². The molecule has 1 saturated heterocycles. The van der Waals surface area contributed by atoms with Gasteiger partial charge in [0.1, 0.15) is 5.25 Å². The molecule has 0 aliphatic carbocycles. The van der Waals surface area contributed by atoms with Gasteiger partial charge in [0.2, 0.25) is 5.91 Å². The fraction of sp³-hybridized carbons (Fsp3) is 0.909. The van der Waals surface area contributed by atoms with Crippen LogP contribution in [-0.4, -0.2) is 49.4 Å². The Hall–Kier alpha value is -0.620. The number of rotatable bonds is 4. The summed E-state index contributed by atoms with van der Waals surface area (Å²) in [4.78, 5) is 13.8. The quantitative estimate of drug-likeness (QED) is 0.782. The third-order valence-corrected chi connectivity index (χ3v) is 5.29. The van der Waals surface area contributed by atoms with Crippen LogP contribution in [0.5, 0.6) is 0 Å². The van der Waals surface area contributed by atoms with E-state index in [1.807, 2.05) is 13.8 Å². The highest BCUT2D eigenvalue weighted by molar-refractivity contribution is 7.92. The molecule has 1 fully saturated rings. The first-order valence-corrected chi connectivity index (χ1v) is 7.84. The van der Waals surface area contributed by atoms with Gasteiger partial charge in [-0.15, -0.1) is 0 Å². The normalized spacial score (nSPS) is 23.6. The predicted octanol–water partition coefficient (Wildman–Crippen LogP) is 0.149. The van der Waals surface area contributed by atoms with Crippen molar-refractivity contribution < 1.29 is 13.2 Å². The molecule has 0 aromatic carbocycles. The summed E-state index contributed by atoms with van der Waals surface area (Å²) < 4.78 is 23.8. The second kappa shape index (κ2) is 5.82. The van der Waals surface area contributed by atoms with Gasteiger partial charge < -0.3 is 10.6 Å². The maximum absolute atomic E-state index is 12.2. The van der Waals surface area contributed by atoms with Crippen molar-refractivity contribution in [3.05, 3.63) is 0 Å². The molecule has 1 rings (SSSR count). The lowest BCUT2D eigenvalue weighted by Gasteiger charge is -2.31. The molecule has 6 heteroatoms. The number of amides is 1. The summed E-state index contributed by atoms with van der Waals surface area (Å²) in [7, 11) is -3.25. The first-order valence-electron chi connectivity index (χ1n) is 6.12. The maximum atomic E-state index is 12.2. The third kappa shape index (κ3) is 3.42. The zero-order valence-corrected chi connectivity index (χ0v) is 11.4. The Kier molecular flexibility index (Phi) is 4.94. The molecule has 0 radical (unpaired) electrons. The molecule has 100 valence electrons. The minimum Gasteiger partial charge on any atom is -0.338 e. The van der Waals surface area contributed by atoms with E-state index in [2.05, 4.69) is 0 Å². The van der Waals surface area contributed by atoms with E-state index in [1.54, 1.807) is 4.90 Å². The molecule has 0 aromatic rings. The van der Waals surface area contributed by atoms with Crippen LogP contribution in [0.1, 0.15) is 33.1 Å². The second-order valence-corrected chi connectivity index (χ2v) is 7.07. The molecule has 1 amide bonds. The number of nitrogens with two attached hydrogens (primary N) is 1. The van der Waals surface area contributed by atoms with Gasteiger partial charge in [-0.2, -0.15) is 0 Å². The SMILES string of the molecule is CC(C)N(CCN)C(=O)C1CCCCS1(=O)=O. The highest BCUT2D eigenvalue weighted by Crippen LogP contribution is 2.22. The lowest BCUT2D eigenvalue weighted by atomic mass is 10.1. The zero-order valence-electron chi connectivity index (χ0n) is 10.6. The van der Waals surface area contributed by atoms with Crippen molar-refractivity contribution in [3.8, 4) is 0 Å². The molecule has 1 heterocycles. The highest BCUT2D eigenvalue weighted by Gasteiger charge is 2.37. The Morgan fingerprint density at radius 2 is 2.06 bits per heavy atom.